The summed E-state index contributed by atoms with van der Waals surface area (Å²) in [5, 5.41) is 6.89. The second-order valence-electron chi connectivity index (χ2n) is 5.21. The summed E-state index contributed by atoms with van der Waals surface area (Å²) >= 11 is 0. The molecule has 2 heterocycles. The summed E-state index contributed by atoms with van der Waals surface area (Å²) in [7, 11) is 0. The molecule has 126 valence electrons. The molecule has 0 aromatic carbocycles. The molecule has 1 atom stereocenters. The van der Waals surface area contributed by atoms with Crippen LogP contribution in [0.15, 0.2) is 37.1 Å². The van der Waals surface area contributed by atoms with Gasteiger partial charge in [0.05, 0.1) is 5.69 Å². The molecule has 1 aromatic rings. The molecule has 0 spiro atoms. The number of pyridine rings is 1. The molecule has 1 aromatic heterocycles. The highest BCUT2D eigenvalue weighted by molar-refractivity contribution is 6.09. The Kier molecular flexibility index (Phi) is 4.93. The van der Waals surface area contributed by atoms with Crippen molar-refractivity contribution in [2.75, 3.05) is 13.1 Å². The number of nitrogens with one attached hydrogen (secondary N) is 3. The van der Waals surface area contributed by atoms with Crippen LogP contribution in [-0.4, -0.2) is 46.8 Å². The second kappa shape index (κ2) is 6.90. The van der Waals surface area contributed by atoms with E-state index in [0.29, 0.717) is 5.69 Å². The summed E-state index contributed by atoms with van der Waals surface area (Å²) in [6.45, 7) is 4.53. The van der Waals surface area contributed by atoms with Crippen LogP contribution in [-0.2, 0) is 15.1 Å². The highest BCUT2D eigenvalue weighted by atomic mass is 16.2. The summed E-state index contributed by atoms with van der Waals surface area (Å²) in [4.78, 5) is 52.6. The van der Waals surface area contributed by atoms with Gasteiger partial charge in [-0.1, -0.05) is 12.1 Å². The zero-order valence-electron chi connectivity index (χ0n) is 13.0. The predicted molar refractivity (Wildman–Crippen MR) is 83.6 cm³/mol. The number of hydrogen-bond acceptors (Lipinski definition) is 5. The summed E-state index contributed by atoms with van der Waals surface area (Å²) in [6, 6.07) is 3.51. The van der Waals surface area contributed by atoms with Crippen LogP contribution >= 0.6 is 0 Å². The maximum absolute atomic E-state index is 12.5. The van der Waals surface area contributed by atoms with E-state index >= 15 is 0 Å². The first-order chi connectivity index (χ1) is 11.4. The van der Waals surface area contributed by atoms with Crippen LogP contribution < -0.4 is 16.0 Å². The topological polar surface area (TPSA) is 120 Å². The van der Waals surface area contributed by atoms with Gasteiger partial charge < -0.3 is 10.6 Å². The number of nitrogens with zero attached hydrogens (tertiary/aromatic N) is 2. The predicted octanol–water partition coefficient (Wildman–Crippen LogP) is -0.140. The number of carbonyl (C=O) groups excluding carboxylic acids is 4. The Hall–Kier alpha value is -3.23. The van der Waals surface area contributed by atoms with Gasteiger partial charge in [-0.2, -0.15) is 0 Å². The third-order valence-corrected chi connectivity index (χ3v) is 3.41. The van der Waals surface area contributed by atoms with Gasteiger partial charge in [-0.15, -0.1) is 6.58 Å². The number of rotatable bonds is 5. The third kappa shape index (κ3) is 3.40. The third-order valence-electron chi connectivity index (χ3n) is 3.41. The monoisotopic (exact) mass is 331 g/mol. The van der Waals surface area contributed by atoms with Gasteiger partial charge in [0, 0.05) is 12.7 Å². The van der Waals surface area contributed by atoms with Gasteiger partial charge in [-0.05, 0) is 19.1 Å². The fourth-order valence-corrected chi connectivity index (χ4v) is 2.19. The SMILES string of the molecule is C=CCNC(=O)NC(=O)CN1C(=O)N[C@](C)(c2ccccn2)C1=O. The van der Waals surface area contributed by atoms with Gasteiger partial charge in [-0.25, -0.2) is 9.59 Å². The Morgan fingerprint density at radius 1 is 1.42 bits per heavy atom. The fourth-order valence-electron chi connectivity index (χ4n) is 2.19. The molecule has 0 aliphatic carbocycles. The van der Waals surface area contributed by atoms with Crippen molar-refractivity contribution in [1.29, 1.82) is 0 Å². The van der Waals surface area contributed by atoms with E-state index in [1.807, 2.05) is 5.32 Å². The van der Waals surface area contributed by atoms with Crippen LogP contribution in [0.5, 0.6) is 0 Å². The minimum Gasteiger partial charge on any atom is -0.334 e. The average molecular weight is 331 g/mol. The minimum absolute atomic E-state index is 0.181. The molecule has 24 heavy (non-hydrogen) atoms. The molecule has 9 heteroatoms. The lowest BCUT2D eigenvalue weighted by molar-refractivity contribution is -0.134. The van der Waals surface area contributed by atoms with Crippen molar-refractivity contribution in [3.8, 4) is 0 Å². The standard InChI is InChI=1S/C15H17N5O4/c1-3-7-17-13(23)18-11(21)9-20-12(22)15(2,19-14(20)24)10-6-4-5-8-16-10/h3-6,8H,1,7,9H2,2H3,(H,19,24)(H2,17,18,21,23)/t15-/m1/s1. The average Bonchev–Trinajstić information content (AvgIpc) is 2.78. The number of hydrogen-bond donors (Lipinski definition) is 3. The summed E-state index contributed by atoms with van der Waals surface area (Å²) < 4.78 is 0. The largest absolute Gasteiger partial charge is 0.334 e. The van der Waals surface area contributed by atoms with Gasteiger partial charge in [0.1, 0.15) is 6.54 Å². The molecule has 0 bridgehead atoms. The molecule has 2 rings (SSSR count). The van der Waals surface area contributed by atoms with Crippen molar-refractivity contribution in [3.63, 3.8) is 0 Å². The zero-order chi connectivity index (χ0) is 17.7. The second-order valence-corrected chi connectivity index (χ2v) is 5.21. The lowest BCUT2D eigenvalue weighted by atomic mass is 9.97. The van der Waals surface area contributed by atoms with Crippen LogP contribution in [0.2, 0.25) is 0 Å². The number of aromatic nitrogens is 1. The Bertz CT molecular complexity index is 690. The Balaban J connectivity index is 2.06. The van der Waals surface area contributed by atoms with Crippen LogP contribution in [0.1, 0.15) is 12.6 Å². The van der Waals surface area contributed by atoms with Crippen molar-refractivity contribution >= 4 is 23.9 Å². The number of carbonyl (C=O) groups is 4. The number of urea groups is 2. The first kappa shape index (κ1) is 17.1. The smallest absolute Gasteiger partial charge is 0.325 e. The van der Waals surface area contributed by atoms with Crippen molar-refractivity contribution in [1.82, 2.24) is 25.8 Å². The molecule has 0 unspecified atom stereocenters. The highest BCUT2D eigenvalue weighted by Crippen LogP contribution is 2.26. The van der Waals surface area contributed by atoms with Crippen molar-refractivity contribution in [3.05, 3.63) is 42.7 Å². The number of imide groups is 2. The van der Waals surface area contributed by atoms with Crippen molar-refractivity contribution < 1.29 is 19.2 Å². The lowest BCUT2D eigenvalue weighted by Gasteiger charge is -2.20. The maximum atomic E-state index is 12.5. The van der Waals surface area contributed by atoms with Gasteiger partial charge >= 0.3 is 12.1 Å². The first-order valence-electron chi connectivity index (χ1n) is 7.12. The Labute approximate surface area is 138 Å². The molecule has 1 saturated heterocycles. The molecule has 6 amide bonds. The van der Waals surface area contributed by atoms with E-state index in [1.165, 1.54) is 19.2 Å². The number of amides is 6. The molecular formula is C15H17N5O4. The molecule has 1 aliphatic rings. The molecule has 0 radical (unpaired) electrons. The fraction of sp³-hybridized carbons (Fsp3) is 0.267. The normalized spacial score (nSPS) is 19.6. The summed E-state index contributed by atoms with van der Waals surface area (Å²) in [5.41, 5.74) is -1.00. The Morgan fingerprint density at radius 3 is 2.79 bits per heavy atom. The van der Waals surface area contributed by atoms with E-state index in [4.69, 9.17) is 0 Å². The van der Waals surface area contributed by atoms with E-state index in [-0.39, 0.29) is 6.54 Å². The lowest BCUT2D eigenvalue weighted by Crippen LogP contribution is -2.47. The van der Waals surface area contributed by atoms with Crippen LogP contribution in [0.3, 0.4) is 0 Å². The van der Waals surface area contributed by atoms with E-state index in [1.54, 1.807) is 18.2 Å². The summed E-state index contributed by atoms with van der Waals surface area (Å²) in [6.07, 6.45) is 2.94. The Morgan fingerprint density at radius 2 is 2.17 bits per heavy atom. The first-order valence-corrected chi connectivity index (χ1v) is 7.12. The van der Waals surface area contributed by atoms with Gasteiger partial charge in [-0.3, -0.25) is 24.8 Å². The van der Waals surface area contributed by atoms with E-state index < -0.39 is 36.0 Å². The van der Waals surface area contributed by atoms with Gasteiger partial charge in [0.15, 0.2) is 5.54 Å². The molecule has 3 N–H and O–H groups in total. The van der Waals surface area contributed by atoms with Crippen LogP contribution in [0.4, 0.5) is 9.59 Å². The minimum atomic E-state index is -1.36. The van der Waals surface area contributed by atoms with E-state index in [9.17, 15) is 19.2 Å². The molecular weight excluding hydrogens is 314 g/mol. The highest BCUT2D eigenvalue weighted by Gasteiger charge is 2.50. The van der Waals surface area contributed by atoms with Crippen molar-refractivity contribution in [2.45, 2.75) is 12.5 Å². The quantitative estimate of drug-likeness (QED) is 0.512. The molecule has 1 fully saturated rings. The molecule has 9 nitrogen and oxygen atoms in total. The van der Waals surface area contributed by atoms with Crippen molar-refractivity contribution in [2.24, 2.45) is 0 Å². The van der Waals surface area contributed by atoms with E-state index in [2.05, 4.69) is 22.2 Å². The molecule has 1 aliphatic heterocycles. The zero-order valence-corrected chi connectivity index (χ0v) is 13.0. The maximum Gasteiger partial charge on any atom is 0.325 e. The molecule has 0 saturated carbocycles. The van der Waals surface area contributed by atoms with Gasteiger partial charge in [0.25, 0.3) is 5.91 Å². The van der Waals surface area contributed by atoms with E-state index in [0.717, 1.165) is 4.90 Å². The van der Waals surface area contributed by atoms with Gasteiger partial charge in [0.2, 0.25) is 5.91 Å². The van der Waals surface area contributed by atoms with Crippen LogP contribution in [0, 0.1) is 0 Å². The summed E-state index contributed by atoms with van der Waals surface area (Å²) in [5.74, 6) is -1.40. The van der Waals surface area contributed by atoms with Crippen LogP contribution in [0.25, 0.3) is 0 Å².